The summed E-state index contributed by atoms with van der Waals surface area (Å²) >= 11 is 6.26. The first-order chi connectivity index (χ1) is 30.3. The van der Waals surface area contributed by atoms with Crippen molar-refractivity contribution in [2.24, 2.45) is 11.3 Å². The minimum atomic E-state index is -4.56. The van der Waals surface area contributed by atoms with Crippen LogP contribution in [0, 0.1) is 21.4 Å². The second-order valence-corrected chi connectivity index (χ2v) is 19.7. The molecule has 5 heterocycles. The Morgan fingerprint density at radius 1 is 1.02 bits per heavy atom. The zero-order chi connectivity index (χ0) is 43.9. The van der Waals surface area contributed by atoms with Crippen molar-refractivity contribution < 1.29 is 22.9 Å². The molecule has 15 nitrogen and oxygen atoms in total. The maximum atomic E-state index is 14.2. The zero-order valence-electron chi connectivity index (χ0n) is 35.3. The summed E-state index contributed by atoms with van der Waals surface area (Å²) < 4.78 is 36.9. The van der Waals surface area contributed by atoms with Crippen LogP contribution in [-0.2, 0) is 14.8 Å². The Bertz CT molecular complexity index is 2840. The standard InChI is InChI=1S/C46H50ClN9O6S/c1-46(2)15-11-33(38(26-46)31-3-5-34(47)6-4-31)29-53-17-19-54(20-18-53)35-7-9-37(41(24-35)55-42-23-32-12-16-48-44(32)51-40(42)28-50-55)45(57)52-63(60,61)36-8-10-39(43(25-36)56(58)59)49-27-30-13-21-62-22-14-30/h3-10,12,16,23-25,28,30,49H,11,13-15,17-22,26-27,29H2,1-2H3,(H,48,51)(H,52,57). The molecule has 9 rings (SSSR count). The second kappa shape index (κ2) is 17.4. The van der Waals surface area contributed by atoms with Crippen molar-refractivity contribution in [2.45, 2.75) is 50.8 Å². The Labute approximate surface area is 370 Å². The number of hydrogen-bond acceptors (Lipinski definition) is 11. The van der Waals surface area contributed by atoms with Gasteiger partial charge in [0, 0.05) is 80.8 Å². The van der Waals surface area contributed by atoms with Crippen molar-refractivity contribution in [3.63, 3.8) is 0 Å². The number of amides is 1. The van der Waals surface area contributed by atoms with Crippen LogP contribution in [-0.4, -0.2) is 96.4 Å². The third kappa shape index (κ3) is 9.16. The number of nitrogens with one attached hydrogen (secondary N) is 3. The molecule has 2 saturated heterocycles. The Kier molecular flexibility index (Phi) is 11.7. The number of aromatic nitrogens is 4. The van der Waals surface area contributed by atoms with Crippen molar-refractivity contribution in [3.05, 3.63) is 117 Å². The number of nitro groups is 1. The Morgan fingerprint density at radius 2 is 1.79 bits per heavy atom. The molecule has 63 heavy (non-hydrogen) atoms. The first kappa shape index (κ1) is 42.5. The molecule has 2 fully saturated rings. The highest BCUT2D eigenvalue weighted by Crippen LogP contribution is 2.43. The number of fused-ring (bicyclic) bond motifs is 2. The molecule has 0 atom stereocenters. The first-order valence-corrected chi connectivity index (χ1v) is 23.2. The van der Waals surface area contributed by atoms with E-state index in [9.17, 15) is 23.3 Å². The molecule has 3 aromatic heterocycles. The molecule has 3 aliphatic rings. The molecule has 17 heteroatoms. The van der Waals surface area contributed by atoms with Crippen LogP contribution in [0.25, 0.3) is 33.3 Å². The van der Waals surface area contributed by atoms with E-state index in [1.54, 1.807) is 23.1 Å². The fraction of sp³-hybridized carbons (Fsp3) is 0.370. The van der Waals surface area contributed by atoms with Crippen molar-refractivity contribution in [1.82, 2.24) is 29.4 Å². The Hall–Kier alpha value is -5.81. The minimum Gasteiger partial charge on any atom is -0.381 e. The van der Waals surface area contributed by atoms with Gasteiger partial charge in [-0.05, 0) is 109 Å². The monoisotopic (exact) mass is 891 g/mol. The van der Waals surface area contributed by atoms with E-state index in [0.717, 1.165) is 87.0 Å². The highest BCUT2D eigenvalue weighted by Gasteiger charge is 2.31. The number of nitrogens with zero attached hydrogens (tertiary/aromatic N) is 6. The van der Waals surface area contributed by atoms with Gasteiger partial charge in [0.1, 0.15) is 16.9 Å². The normalized spacial score (nSPS) is 17.7. The van der Waals surface area contributed by atoms with Crippen LogP contribution in [0.15, 0.2) is 95.7 Å². The zero-order valence-corrected chi connectivity index (χ0v) is 36.8. The van der Waals surface area contributed by atoms with E-state index in [4.69, 9.17) is 21.3 Å². The number of H-pyrrole nitrogens is 1. The van der Waals surface area contributed by atoms with Gasteiger partial charge in [0.2, 0.25) is 0 Å². The highest BCUT2D eigenvalue weighted by molar-refractivity contribution is 7.90. The number of carbonyl (C=O) groups excluding carboxylic acids is 1. The number of aromatic amines is 1. The quantitative estimate of drug-likeness (QED) is 0.0796. The number of allylic oxidation sites excluding steroid dienone is 1. The summed E-state index contributed by atoms with van der Waals surface area (Å²) in [5.74, 6) is -0.638. The molecule has 3 N–H and O–H groups in total. The number of carbonyl (C=O) groups is 1. The number of hydrogen-bond donors (Lipinski definition) is 3. The molecule has 0 unspecified atom stereocenters. The molecule has 328 valence electrons. The van der Waals surface area contributed by atoms with Gasteiger partial charge < -0.3 is 19.9 Å². The molecule has 0 spiro atoms. The fourth-order valence-electron chi connectivity index (χ4n) is 9.02. The minimum absolute atomic E-state index is 0.0475. The van der Waals surface area contributed by atoms with Gasteiger partial charge in [-0.25, -0.2) is 22.8 Å². The number of sulfonamides is 1. The molecular weight excluding hydrogens is 842 g/mol. The van der Waals surface area contributed by atoms with Crippen LogP contribution >= 0.6 is 11.6 Å². The van der Waals surface area contributed by atoms with Crippen molar-refractivity contribution >= 4 is 72.2 Å². The summed E-state index contributed by atoms with van der Waals surface area (Å²) in [5.41, 5.74) is 7.28. The lowest BCUT2D eigenvalue weighted by atomic mass is 9.72. The summed E-state index contributed by atoms with van der Waals surface area (Å²) in [6, 6.07) is 20.9. The lowest BCUT2D eigenvalue weighted by Gasteiger charge is -2.39. The van der Waals surface area contributed by atoms with Crippen LogP contribution in [0.2, 0.25) is 5.02 Å². The molecule has 6 aromatic rings. The molecule has 0 saturated carbocycles. The van der Waals surface area contributed by atoms with Gasteiger partial charge in [-0.3, -0.25) is 19.8 Å². The van der Waals surface area contributed by atoms with E-state index in [-0.39, 0.29) is 22.6 Å². The second-order valence-electron chi connectivity index (χ2n) is 17.6. The molecule has 2 aliphatic heterocycles. The first-order valence-electron chi connectivity index (χ1n) is 21.4. The number of ether oxygens (including phenoxy) is 1. The lowest BCUT2D eigenvalue weighted by Crippen LogP contribution is -2.47. The summed E-state index contributed by atoms with van der Waals surface area (Å²) in [6.07, 6.45) is 8.25. The maximum Gasteiger partial charge on any atom is 0.293 e. The van der Waals surface area contributed by atoms with Crippen molar-refractivity contribution in [1.29, 1.82) is 0 Å². The van der Waals surface area contributed by atoms with Crippen LogP contribution in [0.5, 0.6) is 0 Å². The van der Waals surface area contributed by atoms with Crippen LogP contribution in [0.4, 0.5) is 17.1 Å². The van der Waals surface area contributed by atoms with Gasteiger partial charge in [-0.1, -0.05) is 43.2 Å². The average Bonchev–Trinajstić information content (AvgIpc) is 3.92. The SMILES string of the molecule is CC1(C)CCC(CN2CCN(c3ccc(C(=O)NS(=O)(=O)c4ccc(NCC5CCOCC5)c([N+](=O)[O-])c4)c(-n4ncc5nc6[nH]ccc6cc54)c3)CC2)=C(c2ccc(Cl)cc2)C1. The summed E-state index contributed by atoms with van der Waals surface area (Å²) in [7, 11) is -4.56. The molecule has 1 aliphatic carbocycles. The molecule has 0 bridgehead atoms. The van der Waals surface area contributed by atoms with Gasteiger partial charge in [0.05, 0.1) is 32.8 Å². The molecule has 1 amide bonds. The lowest BCUT2D eigenvalue weighted by molar-refractivity contribution is -0.384. The van der Waals surface area contributed by atoms with Gasteiger partial charge >= 0.3 is 0 Å². The van der Waals surface area contributed by atoms with Crippen molar-refractivity contribution in [2.75, 3.05) is 62.7 Å². The Balaban J connectivity index is 0.976. The number of pyridine rings is 1. The van der Waals surface area contributed by atoms with E-state index in [1.807, 2.05) is 36.4 Å². The van der Waals surface area contributed by atoms with E-state index in [2.05, 4.69) is 55.9 Å². The highest BCUT2D eigenvalue weighted by atomic mass is 35.5. The molecule has 3 aromatic carbocycles. The van der Waals surface area contributed by atoms with E-state index >= 15 is 0 Å². The number of halogens is 1. The maximum absolute atomic E-state index is 14.2. The van der Waals surface area contributed by atoms with Crippen LogP contribution < -0.4 is 14.9 Å². The van der Waals surface area contributed by atoms with Gasteiger partial charge in [-0.2, -0.15) is 5.10 Å². The van der Waals surface area contributed by atoms with Crippen molar-refractivity contribution in [3.8, 4) is 5.69 Å². The largest absolute Gasteiger partial charge is 0.381 e. The van der Waals surface area contributed by atoms with E-state index < -0.39 is 31.4 Å². The number of nitro benzene ring substituents is 1. The number of rotatable bonds is 12. The predicted molar refractivity (Wildman–Crippen MR) is 245 cm³/mol. The van der Waals surface area contributed by atoms with Crippen LogP contribution in [0.1, 0.15) is 61.9 Å². The smallest absolute Gasteiger partial charge is 0.293 e. The molecule has 0 radical (unpaired) electrons. The van der Waals surface area contributed by atoms with Gasteiger partial charge in [0.15, 0.2) is 0 Å². The Morgan fingerprint density at radius 3 is 2.56 bits per heavy atom. The number of anilines is 2. The van der Waals surface area contributed by atoms with Crippen LogP contribution in [0.3, 0.4) is 0 Å². The van der Waals surface area contributed by atoms with Gasteiger partial charge in [0.25, 0.3) is 21.6 Å². The topological polar surface area (TPSA) is 181 Å². The third-order valence-corrected chi connectivity index (χ3v) is 14.3. The molecular formula is C46H50ClN9O6S. The van der Waals surface area contributed by atoms with E-state index in [0.29, 0.717) is 42.1 Å². The summed E-state index contributed by atoms with van der Waals surface area (Å²) in [6.45, 7) is 10.4. The fourth-order valence-corrected chi connectivity index (χ4v) is 10.1. The summed E-state index contributed by atoms with van der Waals surface area (Å²) in [4.78, 5) is 37.9. The number of benzene rings is 3. The third-order valence-electron chi connectivity index (χ3n) is 12.7. The number of piperazine rings is 1. The van der Waals surface area contributed by atoms with Gasteiger partial charge in [-0.15, -0.1) is 0 Å². The summed E-state index contributed by atoms with van der Waals surface area (Å²) in [5, 5.41) is 21.5. The average molecular weight is 892 g/mol. The van der Waals surface area contributed by atoms with E-state index in [1.165, 1.54) is 28.8 Å². The predicted octanol–water partition coefficient (Wildman–Crippen LogP) is 8.21.